The number of nitrogens with zero attached hydrogens (tertiary/aromatic N) is 3. The number of hydrogen-bond donors (Lipinski definition) is 1. The molecule has 3 aromatic heterocycles. The summed E-state index contributed by atoms with van der Waals surface area (Å²) >= 11 is 4.89. The quantitative estimate of drug-likeness (QED) is 0.781. The van der Waals surface area contributed by atoms with E-state index >= 15 is 0 Å². The van der Waals surface area contributed by atoms with Gasteiger partial charge >= 0.3 is 0 Å². The lowest BCUT2D eigenvalue weighted by molar-refractivity contribution is 0.656. The zero-order chi connectivity index (χ0) is 13.6. The Kier molecular flexibility index (Phi) is 3.02. The van der Waals surface area contributed by atoms with Gasteiger partial charge in [-0.2, -0.15) is 5.10 Å². The van der Waals surface area contributed by atoms with Crippen molar-refractivity contribution in [1.29, 1.82) is 0 Å². The van der Waals surface area contributed by atoms with Gasteiger partial charge in [0.1, 0.15) is 10.7 Å². The minimum atomic E-state index is -0.0759. The molecule has 0 amide bonds. The highest BCUT2D eigenvalue weighted by atomic mass is 79.9. The summed E-state index contributed by atoms with van der Waals surface area (Å²) in [5.41, 5.74) is 0.940. The third-order valence-electron chi connectivity index (χ3n) is 3.00. The highest BCUT2D eigenvalue weighted by molar-refractivity contribution is 9.10. The number of hydrogen-bond acceptors (Lipinski definition) is 4. The molecule has 5 nitrogen and oxygen atoms in total. The molecule has 0 saturated heterocycles. The second-order valence-corrected chi connectivity index (χ2v) is 6.45. The number of nitrogens with one attached hydrogen (secondary N) is 1. The van der Waals surface area contributed by atoms with Crippen LogP contribution in [0.2, 0.25) is 0 Å². The molecule has 0 fully saturated rings. The molecule has 0 atom stereocenters. The third kappa shape index (κ3) is 2.23. The van der Waals surface area contributed by atoms with Gasteiger partial charge in [-0.05, 0) is 35.3 Å². The van der Waals surface area contributed by atoms with Crippen LogP contribution in [0.25, 0.3) is 10.2 Å². The summed E-state index contributed by atoms with van der Waals surface area (Å²) in [6.45, 7) is 4.41. The van der Waals surface area contributed by atoms with Crippen molar-refractivity contribution in [3.05, 3.63) is 43.5 Å². The average molecular weight is 339 g/mol. The molecule has 98 valence electrons. The first-order valence-electron chi connectivity index (χ1n) is 5.71. The van der Waals surface area contributed by atoms with Crippen molar-refractivity contribution in [2.45, 2.75) is 20.4 Å². The number of fused-ring (bicyclic) bond motifs is 1. The zero-order valence-electron chi connectivity index (χ0n) is 10.4. The van der Waals surface area contributed by atoms with Crippen LogP contribution in [0.1, 0.15) is 16.3 Å². The average Bonchev–Trinajstić information content (AvgIpc) is 2.85. The molecule has 0 aliphatic heterocycles. The predicted molar refractivity (Wildman–Crippen MR) is 78.7 cm³/mol. The van der Waals surface area contributed by atoms with Crippen molar-refractivity contribution in [1.82, 2.24) is 19.7 Å². The molecule has 19 heavy (non-hydrogen) atoms. The third-order valence-corrected chi connectivity index (χ3v) is 4.51. The second kappa shape index (κ2) is 4.57. The predicted octanol–water partition coefficient (Wildman–Crippen LogP) is 2.61. The lowest BCUT2D eigenvalue weighted by Gasteiger charge is -2.01. The minimum Gasteiger partial charge on any atom is -0.308 e. The van der Waals surface area contributed by atoms with Gasteiger partial charge in [0, 0.05) is 11.1 Å². The van der Waals surface area contributed by atoms with Gasteiger partial charge < -0.3 is 4.98 Å². The van der Waals surface area contributed by atoms with Gasteiger partial charge in [0.25, 0.3) is 5.56 Å². The molecule has 0 saturated carbocycles. The zero-order valence-corrected chi connectivity index (χ0v) is 12.8. The van der Waals surface area contributed by atoms with E-state index in [9.17, 15) is 4.79 Å². The minimum absolute atomic E-state index is 0.0759. The number of rotatable bonds is 2. The fraction of sp³-hybridized carbons (Fsp3) is 0.250. The lowest BCUT2D eigenvalue weighted by atomic mass is 10.2. The maximum atomic E-state index is 12.1. The molecule has 3 heterocycles. The van der Waals surface area contributed by atoms with Crippen molar-refractivity contribution in [2.24, 2.45) is 0 Å². The Hall–Kier alpha value is -1.47. The molecule has 3 aromatic rings. The Labute approximate surface area is 121 Å². The standard InChI is InChI=1S/C12H11BrN4OS/c1-6-7(2)19-12-10(6)11(18)15-9(16-12)5-17-4-8(13)3-14-17/h3-4H,5H2,1-2H3,(H,15,16,18). The van der Waals surface area contributed by atoms with Gasteiger partial charge in [-0.25, -0.2) is 4.98 Å². The van der Waals surface area contributed by atoms with E-state index < -0.39 is 0 Å². The lowest BCUT2D eigenvalue weighted by Crippen LogP contribution is -2.14. The molecule has 0 spiro atoms. The van der Waals surface area contributed by atoms with Crippen LogP contribution in [0.15, 0.2) is 21.7 Å². The Morgan fingerprint density at radius 2 is 2.26 bits per heavy atom. The maximum absolute atomic E-state index is 12.1. The molecule has 1 N–H and O–H groups in total. The molecule has 0 aromatic carbocycles. The topological polar surface area (TPSA) is 63.6 Å². The van der Waals surface area contributed by atoms with Crippen LogP contribution in [-0.2, 0) is 6.54 Å². The number of halogens is 1. The van der Waals surface area contributed by atoms with E-state index in [0.717, 1.165) is 19.7 Å². The van der Waals surface area contributed by atoms with Crippen molar-refractivity contribution < 1.29 is 0 Å². The van der Waals surface area contributed by atoms with Crippen LogP contribution < -0.4 is 5.56 Å². The molecular formula is C12H11BrN4OS. The summed E-state index contributed by atoms with van der Waals surface area (Å²) in [4.78, 5) is 21.4. The fourth-order valence-corrected chi connectivity index (χ4v) is 3.33. The summed E-state index contributed by atoms with van der Waals surface area (Å²) in [6, 6.07) is 0. The maximum Gasteiger partial charge on any atom is 0.259 e. The van der Waals surface area contributed by atoms with E-state index in [1.807, 2.05) is 20.0 Å². The molecule has 3 rings (SSSR count). The number of aryl methyl sites for hydroxylation is 2. The van der Waals surface area contributed by atoms with Crippen LogP contribution in [0.4, 0.5) is 0 Å². The number of aromatic amines is 1. The molecule has 0 unspecified atom stereocenters. The van der Waals surface area contributed by atoms with Crippen LogP contribution in [0, 0.1) is 13.8 Å². The SMILES string of the molecule is Cc1sc2nc(Cn3cc(Br)cn3)[nH]c(=O)c2c1C. The monoisotopic (exact) mass is 338 g/mol. The Balaban J connectivity index is 2.08. The van der Waals surface area contributed by atoms with E-state index in [0.29, 0.717) is 17.8 Å². The number of aromatic nitrogens is 4. The van der Waals surface area contributed by atoms with Gasteiger partial charge in [0.15, 0.2) is 0 Å². The highest BCUT2D eigenvalue weighted by Crippen LogP contribution is 2.25. The van der Waals surface area contributed by atoms with Crippen molar-refractivity contribution in [3.8, 4) is 0 Å². The van der Waals surface area contributed by atoms with Crippen molar-refractivity contribution in [2.75, 3.05) is 0 Å². The molecule has 0 bridgehead atoms. The van der Waals surface area contributed by atoms with Crippen LogP contribution >= 0.6 is 27.3 Å². The van der Waals surface area contributed by atoms with Gasteiger partial charge in [-0.3, -0.25) is 9.48 Å². The van der Waals surface area contributed by atoms with Crippen molar-refractivity contribution in [3.63, 3.8) is 0 Å². The Bertz CT molecular complexity index is 817. The summed E-state index contributed by atoms with van der Waals surface area (Å²) in [5, 5.41) is 4.86. The molecule has 7 heteroatoms. The van der Waals surface area contributed by atoms with E-state index in [1.54, 1.807) is 22.2 Å². The van der Waals surface area contributed by atoms with E-state index in [2.05, 4.69) is 31.0 Å². The Morgan fingerprint density at radius 1 is 1.47 bits per heavy atom. The summed E-state index contributed by atoms with van der Waals surface area (Å²) in [5.74, 6) is 0.620. The van der Waals surface area contributed by atoms with E-state index in [-0.39, 0.29) is 5.56 Å². The van der Waals surface area contributed by atoms with E-state index in [1.165, 1.54) is 0 Å². The Morgan fingerprint density at radius 3 is 2.95 bits per heavy atom. The van der Waals surface area contributed by atoms with E-state index in [4.69, 9.17) is 0 Å². The molecule has 0 radical (unpaired) electrons. The number of H-pyrrole nitrogens is 1. The number of thiophene rings is 1. The second-order valence-electron chi connectivity index (χ2n) is 4.33. The van der Waals surface area contributed by atoms with Gasteiger partial charge in [-0.1, -0.05) is 0 Å². The first-order chi connectivity index (χ1) is 9.04. The molecule has 0 aliphatic carbocycles. The van der Waals surface area contributed by atoms with Gasteiger partial charge in [0.2, 0.25) is 0 Å². The summed E-state index contributed by atoms with van der Waals surface area (Å²) in [7, 11) is 0. The van der Waals surface area contributed by atoms with Crippen LogP contribution in [0.5, 0.6) is 0 Å². The normalized spacial score (nSPS) is 11.3. The summed E-state index contributed by atoms with van der Waals surface area (Å²) in [6.07, 6.45) is 3.55. The smallest absolute Gasteiger partial charge is 0.259 e. The highest BCUT2D eigenvalue weighted by Gasteiger charge is 2.12. The van der Waals surface area contributed by atoms with Crippen molar-refractivity contribution >= 4 is 37.5 Å². The first kappa shape index (κ1) is 12.6. The van der Waals surface area contributed by atoms with Crippen LogP contribution in [-0.4, -0.2) is 19.7 Å². The first-order valence-corrected chi connectivity index (χ1v) is 7.32. The van der Waals surface area contributed by atoms with Crippen LogP contribution in [0.3, 0.4) is 0 Å². The van der Waals surface area contributed by atoms with Gasteiger partial charge in [0.05, 0.1) is 22.6 Å². The summed E-state index contributed by atoms with van der Waals surface area (Å²) < 4.78 is 2.63. The molecule has 0 aliphatic rings. The fourth-order valence-electron chi connectivity index (χ4n) is 1.95. The molecular weight excluding hydrogens is 328 g/mol. The largest absolute Gasteiger partial charge is 0.308 e. The van der Waals surface area contributed by atoms with Gasteiger partial charge in [-0.15, -0.1) is 11.3 Å².